The topological polar surface area (TPSA) is 162 Å². The second kappa shape index (κ2) is 33.9. The SMILES string of the molecule is CC(C)[O-].CC(C)[O-].NCC[O-].[O-]CCN(CCO)CCO.[Ti+4]. The molecule has 0 aromatic rings. The van der Waals surface area contributed by atoms with Gasteiger partial charge in [0, 0.05) is 13.1 Å². The van der Waals surface area contributed by atoms with E-state index in [1.165, 1.54) is 0 Å². The number of aliphatic hydroxyl groups excluding tert-OH is 2. The largest absolute Gasteiger partial charge is 4.00 e. The average molecular weight is 374 g/mol. The van der Waals surface area contributed by atoms with Gasteiger partial charge in [-0.3, -0.25) is 0 Å². The van der Waals surface area contributed by atoms with Gasteiger partial charge in [0.05, 0.1) is 13.2 Å². The number of nitrogens with two attached hydrogens (primary N) is 1. The van der Waals surface area contributed by atoms with Gasteiger partial charge >= 0.3 is 21.7 Å². The number of aliphatic hydroxyl groups is 2. The van der Waals surface area contributed by atoms with Crippen LogP contribution in [0.5, 0.6) is 0 Å². The third kappa shape index (κ3) is 86.2. The monoisotopic (exact) mass is 374 g/mol. The van der Waals surface area contributed by atoms with Gasteiger partial charge in [-0.25, -0.2) is 0 Å². The van der Waals surface area contributed by atoms with Gasteiger partial charge in [-0.1, -0.05) is 27.7 Å². The number of hydrogen-bond acceptors (Lipinski definition) is 8. The van der Waals surface area contributed by atoms with E-state index in [9.17, 15) is 20.4 Å². The molecule has 0 spiro atoms. The van der Waals surface area contributed by atoms with Crippen LogP contribution in [0.25, 0.3) is 0 Å². The molecule has 0 radical (unpaired) electrons. The second-order valence-corrected chi connectivity index (χ2v) is 4.58. The van der Waals surface area contributed by atoms with E-state index in [0.717, 1.165) is 0 Å². The van der Waals surface area contributed by atoms with E-state index in [4.69, 9.17) is 15.9 Å². The summed E-state index contributed by atoms with van der Waals surface area (Å²) in [6.45, 7) is 7.81. The van der Waals surface area contributed by atoms with Gasteiger partial charge < -0.3 is 41.3 Å². The fourth-order valence-corrected chi connectivity index (χ4v) is 0.747. The summed E-state index contributed by atoms with van der Waals surface area (Å²) in [7, 11) is 0. The van der Waals surface area contributed by atoms with E-state index in [1.807, 2.05) is 0 Å². The number of rotatable bonds is 7. The Kier molecular flexibility index (Phi) is 51.1. The number of nitrogens with zero attached hydrogens (tertiary/aromatic N) is 1. The Morgan fingerprint density at radius 3 is 1.22 bits per heavy atom. The Balaban J connectivity index is -0.0000000700. The predicted octanol–water partition coefficient (Wildman–Crippen LogP) is -4.55. The Labute approximate surface area is 155 Å². The molecule has 0 amide bonds. The Hall–Kier alpha value is 0.394. The van der Waals surface area contributed by atoms with Crippen molar-refractivity contribution < 1.29 is 52.4 Å². The number of hydrogen-bond donors (Lipinski definition) is 3. The van der Waals surface area contributed by atoms with Crippen molar-refractivity contribution in [3.8, 4) is 0 Å². The van der Waals surface area contributed by atoms with Gasteiger partial charge in [-0.05, 0) is 13.1 Å². The van der Waals surface area contributed by atoms with Gasteiger partial charge in [-0.2, -0.15) is 0 Å². The molecule has 0 saturated heterocycles. The van der Waals surface area contributed by atoms with E-state index in [2.05, 4.69) is 0 Å². The van der Waals surface area contributed by atoms with Crippen molar-refractivity contribution in [3.63, 3.8) is 0 Å². The zero-order valence-corrected chi connectivity index (χ0v) is 16.4. The fraction of sp³-hybridized carbons (Fsp3) is 1.00. The third-order valence-corrected chi connectivity index (χ3v) is 1.36. The van der Waals surface area contributed by atoms with E-state index in [1.54, 1.807) is 32.6 Å². The molecule has 8 nitrogen and oxygen atoms in total. The van der Waals surface area contributed by atoms with Gasteiger partial charge in [-0.15, -0.1) is 25.4 Å². The van der Waals surface area contributed by atoms with Crippen LogP contribution in [0.3, 0.4) is 0 Å². The minimum absolute atomic E-state index is 0. The van der Waals surface area contributed by atoms with E-state index in [0.29, 0.717) is 19.6 Å². The third-order valence-electron chi connectivity index (χ3n) is 1.36. The zero-order valence-electron chi connectivity index (χ0n) is 14.9. The summed E-state index contributed by atoms with van der Waals surface area (Å²) in [5, 5.41) is 55.2. The molecule has 4 N–H and O–H groups in total. The maximum atomic E-state index is 10.1. The average Bonchev–Trinajstić information content (AvgIpc) is 2.39. The van der Waals surface area contributed by atoms with Crippen molar-refractivity contribution in [1.82, 2.24) is 4.90 Å². The molecule has 0 aliphatic rings. The Morgan fingerprint density at radius 2 is 1.09 bits per heavy atom. The van der Waals surface area contributed by atoms with Crippen LogP contribution >= 0.6 is 0 Å². The summed E-state index contributed by atoms with van der Waals surface area (Å²) in [5.41, 5.74) is 4.72. The molecule has 0 aromatic carbocycles. The molecule has 140 valence electrons. The van der Waals surface area contributed by atoms with Gasteiger partial charge in [0.15, 0.2) is 0 Å². The van der Waals surface area contributed by atoms with Gasteiger partial charge in [0.2, 0.25) is 0 Å². The van der Waals surface area contributed by atoms with Crippen molar-refractivity contribution in [3.05, 3.63) is 0 Å². The first kappa shape index (κ1) is 34.7. The molecular formula is C14H34N2O6Ti. The molecule has 0 bridgehead atoms. The summed E-state index contributed by atoms with van der Waals surface area (Å²) >= 11 is 0. The maximum Gasteiger partial charge on any atom is 4.00 e. The molecule has 9 heteroatoms. The molecule has 0 rings (SSSR count). The molecule has 0 aliphatic heterocycles. The van der Waals surface area contributed by atoms with Crippen LogP contribution in [0.1, 0.15) is 27.7 Å². The van der Waals surface area contributed by atoms with Crippen molar-refractivity contribution in [2.45, 2.75) is 39.9 Å². The van der Waals surface area contributed by atoms with Gasteiger partial charge in [0.25, 0.3) is 0 Å². The molecule has 0 unspecified atom stereocenters. The Bertz CT molecular complexity index is 140. The summed E-state index contributed by atoms with van der Waals surface area (Å²) in [6.07, 6.45) is -0.833. The molecule has 0 heterocycles. The summed E-state index contributed by atoms with van der Waals surface area (Å²) in [6, 6.07) is 0. The van der Waals surface area contributed by atoms with Crippen LogP contribution in [0.4, 0.5) is 0 Å². The molecule has 0 atom stereocenters. The minimum Gasteiger partial charge on any atom is -0.854 e. The first-order valence-corrected chi connectivity index (χ1v) is 7.35. The van der Waals surface area contributed by atoms with Crippen LogP contribution in [0.2, 0.25) is 0 Å². The Morgan fingerprint density at radius 1 is 0.826 bits per heavy atom. The first-order valence-electron chi connectivity index (χ1n) is 7.35. The molecule has 0 aliphatic carbocycles. The molecule has 0 aromatic heterocycles. The zero-order chi connectivity index (χ0) is 18.4. The molecule has 23 heavy (non-hydrogen) atoms. The standard InChI is InChI=1S/C6H14NO3.2C3H7O.C2H6NO.Ti/c8-4-1-7(2-5-9)3-6-10;2*1-3(2)4;3-1-2-4;/h8-9H,1-6H2;2*3H,1-2H3;1-3H2;/q4*-1;+4. The maximum absolute atomic E-state index is 10.1. The van der Waals surface area contributed by atoms with Crippen molar-refractivity contribution in [2.75, 3.05) is 52.6 Å². The quantitative estimate of drug-likeness (QED) is 0.375. The molecule has 0 saturated carbocycles. The fourth-order valence-electron chi connectivity index (χ4n) is 0.747. The van der Waals surface area contributed by atoms with E-state index >= 15 is 0 Å². The molecular weight excluding hydrogens is 340 g/mol. The van der Waals surface area contributed by atoms with Crippen LogP contribution in [0, 0.1) is 0 Å². The second-order valence-electron chi connectivity index (χ2n) is 4.58. The van der Waals surface area contributed by atoms with Gasteiger partial charge in [0.1, 0.15) is 0 Å². The van der Waals surface area contributed by atoms with Crippen molar-refractivity contribution in [2.24, 2.45) is 5.73 Å². The van der Waals surface area contributed by atoms with E-state index < -0.39 is 12.2 Å². The first-order chi connectivity index (χ1) is 10.2. The van der Waals surface area contributed by atoms with Crippen molar-refractivity contribution in [1.29, 1.82) is 0 Å². The smallest absolute Gasteiger partial charge is 0.854 e. The van der Waals surface area contributed by atoms with Crippen LogP contribution < -0.4 is 26.2 Å². The van der Waals surface area contributed by atoms with Crippen molar-refractivity contribution >= 4 is 0 Å². The molecule has 0 fully saturated rings. The summed E-state index contributed by atoms with van der Waals surface area (Å²) in [4.78, 5) is 1.73. The summed E-state index contributed by atoms with van der Waals surface area (Å²) in [5.74, 6) is 0. The van der Waals surface area contributed by atoms with Crippen LogP contribution in [0.15, 0.2) is 0 Å². The minimum atomic E-state index is -0.417. The summed E-state index contributed by atoms with van der Waals surface area (Å²) < 4.78 is 0. The van der Waals surface area contributed by atoms with Crippen LogP contribution in [-0.4, -0.2) is 79.9 Å². The normalized spacial score (nSPS) is 9.13. The predicted molar refractivity (Wildman–Crippen MR) is 79.7 cm³/mol. The van der Waals surface area contributed by atoms with Crippen LogP contribution in [-0.2, 0) is 21.7 Å². The van der Waals surface area contributed by atoms with E-state index in [-0.39, 0.29) is 54.7 Å².